The fraction of sp³-hybridized carbons (Fsp3) is 0. The van der Waals surface area contributed by atoms with Gasteiger partial charge in [-0.3, -0.25) is 0 Å². The first-order chi connectivity index (χ1) is 6.93. The van der Waals surface area contributed by atoms with E-state index in [0.29, 0.717) is 0 Å². The molecule has 0 saturated carbocycles. The van der Waals surface area contributed by atoms with E-state index in [0.717, 1.165) is 0 Å². The summed E-state index contributed by atoms with van der Waals surface area (Å²) in [5, 5.41) is 54.6. The molecule has 0 saturated heterocycles. The van der Waals surface area contributed by atoms with Crippen LogP contribution in [0.25, 0.3) is 0 Å². The van der Waals surface area contributed by atoms with Gasteiger partial charge in [0.05, 0.1) is 0 Å². The van der Waals surface area contributed by atoms with E-state index in [4.69, 9.17) is 61.3 Å². The molecule has 0 aromatic carbocycles. The molecule has 0 aliphatic rings. The van der Waals surface area contributed by atoms with Crippen LogP contribution >= 0.6 is 0 Å². The van der Waals surface area contributed by atoms with Crippen molar-refractivity contribution in [3.63, 3.8) is 0 Å². The SMILES string of the molecule is O.O=[N+]([O-])O.O=[N+]([O-])O.O=[N+]([O-])O.O=[N+]([O-])O.[Hg].[Hg]. The van der Waals surface area contributed by atoms with E-state index >= 15 is 0 Å². The average Bonchev–Trinajstić information content (AvgIpc) is 1.76. The molecule has 0 aliphatic heterocycles. The molecule has 19 heavy (non-hydrogen) atoms. The van der Waals surface area contributed by atoms with Crippen LogP contribution in [0.15, 0.2) is 0 Å². The van der Waals surface area contributed by atoms with E-state index in [1.807, 2.05) is 0 Å². The van der Waals surface area contributed by atoms with E-state index in [1.54, 1.807) is 0 Å². The molecule has 0 amide bonds. The Kier molecular flexibility index (Phi) is 81.7. The summed E-state index contributed by atoms with van der Waals surface area (Å²) in [7, 11) is 0. The Hall–Kier alpha value is -1.37. The van der Waals surface area contributed by atoms with Crippen molar-refractivity contribution >= 4 is 0 Å². The molecule has 19 heteroatoms. The second-order valence-electron chi connectivity index (χ2n) is 0.951. The van der Waals surface area contributed by atoms with Crippen molar-refractivity contribution in [2.24, 2.45) is 0 Å². The zero-order valence-corrected chi connectivity index (χ0v) is 19.8. The molecule has 0 unspecified atom stereocenters. The molecule has 6 N–H and O–H groups in total. The summed E-state index contributed by atoms with van der Waals surface area (Å²) in [6.45, 7) is 0. The Labute approximate surface area is 142 Å². The van der Waals surface area contributed by atoms with Gasteiger partial charge in [0.1, 0.15) is 0 Å². The Morgan fingerprint density at radius 1 is 0.526 bits per heavy atom. The first-order valence-corrected chi connectivity index (χ1v) is 2.26. The Morgan fingerprint density at radius 2 is 0.526 bits per heavy atom. The summed E-state index contributed by atoms with van der Waals surface area (Å²) >= 11 is 0. The molecule has 17 nitrogen and oxygen atoms in total. The third kappa shape index (κ3) is 1900. The predicted molar refractivity (Wildman–Crippen MR) is 38.7 cm³/mol. The minimum absolute atomic E-state index is 0. The van der Waals surface area contributed by atoms with Crippen LogP contribution < -0.4 is 0 Å². The first kappa shape index (κ1) is 43.1. The van der Waals surface area contributed by atoms with Crippen molar-refractivity contribution in [3.8, 4) is 0 Å². The smallest absolute Gasteiger partial charge is 0.291 e. The van der Waals surface area contributed by atoms with Crippen LogP contribution in [0.3, 0.4) is 0 Å². The van der Waals surface area contributed by atoms with Gasteiger partial charge in [-0.25, -0.2) is 0 Å². The van der Waals surface area contributed by atoms with Crippen molar-refractivity contribution < 1.29 is 102 Å². The van der Waals surface area contributed by atoms with Gasteiger partial charge in [0.2, 0.25) is 0 Å². The normalized spacial score (nSPS) is 5.05. The maximum Gasteiger partial charge on any atom is 0.291 e. The summed E-state index contributed by atoms with van der Waals surface area (Å²) in [6.07, 6.45) is 0. The van der Waals surface area contributed by atoms with Crippen LogP contribution in [0.4, 0.5) is 0 Å². The number of nitrogens with zero attached hydrogens (tertiary/aromatic N) is 4. The molecule has 0 heterocycles. The van der Waals surface area contributed by atoms with Gasteiger partial charge in [0, 0.05) is 55.3 Å². The van der Waals surface area contributed by atoms with Gasteiger partial charge in [0.15, 0.2) is 0 Å². The Bertz CT molecular complexity index is 163. The minimum Gasteiger partial charge on any atom is -0.412 e. The van der Waals surface area contributed by atoms with Crippen LogP contribution in [0.1, 0.15) is 0 Å². The van der Waals surface area contributed by atoms with Crippen LogP contribution in [-0.4, -0.2) is 46.7 Å². The summed E-state index contributed by atoms with van der Waals surface area (Å²) in [6, 6.07) is 0. The molecule has 0 radical (unpaired) electrons. The first-order valence-electron chi connectivity index (χ1n) is 2.26. The van der Waals surface area contributed by atoms with Crippen molar-refractivity contribution in [2.75, 3.05) is 0 Å². The van der Waals surface area contributed by atoms with Gasteiger partial charge in [-0.15, -0.1) is 40.5 Å². The molecule has 0 aliphatic carbocycles. The number of rotatable bonds is 0. The molecule has 0 bridgehead atoms. The van der Waals surface area contributed by atoms with Crippen molar-refractivity contribution in [2.45, 2.75) is 0 Å². The van der Waals surface area contributed by atoms with Crippen LogP contribution in [-0.2, 0) is 55.3 Å². The van der Waals surface area contributed by atoms with Crippen molar-refractivity contribution in [1.29, 1.82) is 0 Å². The van der Waals surface area contributed by atoms with Crippen molar-refractivity contribution in [3.05, 3.63) is 40.5 Å². The fourth-order valence-corrected chi connectivity index (χ4v) is 0. The topological polar surface area (TPSA) is 285 Å². The fourth-order valence-electron chi connectivity index (χ4n) is 0. The molecule has 0 fully saturated rings. The van der Waals surface area contributed by atoms with E-state index in [1.165, 1.54) is 0 Å². The van der Waals surface area contributed by atoms with E-state index in [2.05, 4.69) is 0 Å². The quantitative estimate of drug-likeness (QED) is 0.121. The van der Waals surface area contributed by atoms with Gasteiger partial charge in [-0.05, 0) is 0 Å². The molecular formula is H6Hg2N4O13. The summed E-state index contributed by atoms with van der Waals surface area (Å²) in [4.78, 5) is 33.4. The standard InChI is InChI=1S/2Hg.4HNO3.H2O/c;;4*2-1(3)4;/h;;4*(H,2,3,4);1H2. The minimum atomic E-state index is -1.50. The van der Waals surface area contributed by atoms with Gasteiger partial charge >= 0.3 is 0 Å². The zero-order chi connectivity index (χ0) is 14.3. The second kappa shape index (κ2) is 36.0. The van der Waals surface area contributed by atoms with Gasteiger partial charge in [-0.2, -0.15) is 0 Å². The van der Waals surface area contributed by atoms with Gasteiger partial charge < -0.3 is 26.3 Å². The Morgan fingerprint density at radius 3 is 0.526 bits per heavy atom. The van der Waals surface area contributed by atoms with Crippen LogP contribution in [0.2, 0.25) is 0 Å². The molecule has 0 spiro atoms. The maximum atomic E-state index is 8.36. The van der Waals surface area contributed by atoms with Crippen LogP contribution in [0, 0.1) is 40.5 Å². The third-order valence-corrected chi connectivity index (χ3v) is 0. The zero-order valence-electron chi connectivity index (χ0n) is 8.76. The number of hydrogen-bond acceptors (Lipinski definition) is 8. The van der Waals surface area contributed by atoms with E-state index in [-0.39, 0.29) is 60.8 Å². The van der Waals surface area contributed by atoms with E-state index < -0.39 is 20.3 Å². The second-order valence-corrected chi connectivity index (χ2v) is 0.951. The molecule has 0 atom stereocenters. The Balaban J connectivity index is -0.0000000192. The summed E-state index contributed by atoms with van der Waals surface area (Å²) < 4.78 is 0. The summed E-state index contributed by atoms with van der Waals surface area (Å²) in [5.74, 6) is 0. The largest absolute Gasteiger partial charge is 0.412 e. The molecule has 108 valence electrons. The van der Waals surface area contributed by atoms with Crippen molar-refractivity contribution in [1.82, 2.24) is 0 Å². The predicted octanol–water partition coefficient (Wildman–Crippen LogP) is -2.22. The third-order valence-electron chi connectivity index (χ3n) is 0. The monoisotopic (exact) mass is 674 g/mol. The van der Waals surface area contributed by atoms with Gasteiger partial charge in [0.25, 0.3) is 20.3 Å². The van der Waals surface area contributed by atoms with E-state index in [9.17, 15) is 0 Å². The van der Waals surface area contributed by atoms with Gasteiger partial charge in [-0.1, -0.05) is 0 Å². The molecule has 0 rings (SSSR count). The van der Waals surface area contributed by atoms with Crippen LogP contribution in [0.5, 0.6) is 0 Å². The average molecular weight is 671 g/mol. The maximum absolute atomic E-state index is 8.36. The molecule has 0 aromatic heterocycles. The number of hydrogen-bond donors (Lipinski definition) is 4. The molecule has 0 aromatic rings. The molecular weight excluding hydrogens is 665 g/mol. The summed E-state index contributed by atoms with van der Waals surface area (Å²) in [5.41, 5.74) is 0.